The maximum absolute atomic E-state index is 12.3. The first-order valence-corrected chi connectivity index (χ1v) is 7.42. The smallest absolute Gasteiger partial charge is 0.273 e. The minimum Gasteiger partial charge on any atom is -0.443 e. The number of carbonyl (C=O) groups excluding carboxylic acids is 1. The van der Waals surface area contributed by atoms with Crippen molar-refractivity contribution in [3.05, 3.63) is 42.4 Å². The number of nitrogens with zero attached hydrogens (tertiary/aromatic N) is 2. The third-order valence-electron chi connectivity index (χ3n) is 3.64. The van der Waals surface area contributed by atoms with Gasteiger partial charge in [0.25, 0.3) is 5.91 Å². The van der Waals surface area contributed by atoms with Crippen molar-refractivity contribution in [1.29, 1.82) is 0 Å². The summed E-state index contributed by atoms with van der Waals surface area (Å²) < 4.78 is 10.7. The number of hydrogen-bond acceptors (Lipinski definition) is 5. The number of hydrogen-bond donors (Lipinski definition) is 1. The summed E-state index contributed by atoms with van der Waals surface area (Å²) in [7, 11) is 0. The second-order valence-corrected chi connectivity index (χ2v) is 5.11. The second kappa shape index (κ2) is 7.20. The van der Waals surface area contributed by atoms with Gasteiger partial charge < -0.3 is 14.5 Å². The van der Waals surface area contributed by atoms with Crippen LogP contribution in [0, 0.1) is 0 Å². The van der Waals surface area contributed by atoms with E-state index in [-0.39, 0.29) is 5.91 Å². The summed E-state index contributed by atoms with van der Waals surface area (Å²) in [5.41, 5.74) is 1.17. The average molecular weight is 301 g/mol. The molecule has 1 N–H and O–H groups in total. The molecular weight excluding hydrogens is 282 g/mol. The van der Waals surface area contributed by atoms with E-state index in [2.05, 4.69) is 15.2 Å². The van der Waals surface area contributed by atoms with Crippen LogP contribution in [0.25, 0.3) is 11.3 Å². The molecule has 1 aromatic heterocycles. The third-order valence-corrected chi connectivity index (χ3v) is 3.64. The molecule has 1 saturated heterocycles. The molecule has 2 heterocycles. The molecular formula is C16H19N3O3. The highest BCUT2D eigenvalue weighted by Crippen LogP contribution is 2.22. The summed E-state index contributed by atoms with van der Waals surface area (Å²) in [6.45, 7) is 4.74. The predicted molar refractivity (Wildman–Crippen MR) is 81.5 cm³/mol. The predicted octanol–water partition coefficient (Wildman–Crippen LogP) is 1.40. The molecule has 1 fully saturated rings. The molecule has 0 radical (unpaired) electrons. The van der Waals surface area contributed by atoms with Gasteiger partial charge in [0.1, 0.15) is 0 Å². The molecule has 3 rings (SSSR count). The molecule has 0 saturated carbocycles. The SMILES string of the molecule is O=C(NCCN1CCOCC1)c1ncoc1-c1ccccc1. The van der Waals surface area contributed by atoms with Crippen molar-refractivity contribution < 1.29 is 13.9 Å². The Morgan fingerprint density at radius 2 is 2.00 bits per heavy atom. The van der Waals surface area contributed by atoms with Gasteiger partial charge in [-0.15, -0.1) is 0 Å². The van der Waals surface area contributed by atoms with Gasteiger partial charge in [-0.3, -0.25) is 9.69 Å². The molecule has 1 amide bonds. The summed E-state index contributed by atoms with van der Waals surface area (Å²) in [5.74, 6) is 0.297. The van der Waals surface area contributed by atoms with Gasteiger partial charge in [-0.05, 0) is 0 Å². The summed E-state index contributed by atoms with van der Waals surface area (Å²) >= 11 is 0. The van der Waals surface area contributed by atoms with Crippen molar-refractivity contribution >= 4 is 5.91 Å². The van der Waals surface area contributed by atoms with E-state index in [0.717, 1.165) is 38.4 Å². The van der Waals surface area contributed by atoms with Crippen LogP contribution in [0.3, 0.4) is 0 Å². The molecule has 1 aliphatic heterocycles. The van der Waals surface area contributed by atoms with E-state index >= 15 is 0 Å². The molecule has 0 bridgehead atoms. The molecule has 1 aliphatic rings. The van der Waals surface area contributed by atoms with Crippen molar-refractivity contribution in [1.82, 2.24) is 15.2 Å². The van der Waals surface area contributed by atoms with Crippen LogP contribution in [0.5, 0.6) is 0 Å². The highest BCUT2D eigenvalue weighted by molar-refractivity contribution is 5.97. The van der Waals surface area contributed by atoms with Crippen molar-refractivity contribution in [2.75, 3.05) is 39.4 Å². The number of ether oxygens (including phenoxy) is 1. The Labute approximate surface area is 129 Å². The van der Waals surface area contributed by atoms with E-state index in [1.807, 2.05) is 30.3 Å². The second-order valence-electron chi connectivity index (χ2n) is 5.11. The largest absolute Gasteiger partial charge is 0.443 e. The van der Waals surface area contributed by atoms with Crippen molar-refractivity contribution in [2.24, 2.45) is 0 Å². The maximum atomic E-state index is 12.3. The molecule has 0 unspecified atom stereocenters. The van der Waals surface area contributed by atoms with Crippen LogP contribution >= 0.6 is 0 Å². The molecule has 6 heteroatoms. The number of carbonyl (C=O) groups is 1. The maximum Gasteiger partial charge on any atom is 0.273 e. The van der Waals surface area contributed by atoms with Crippen LogP contribution in [0.4, 0.5) is 0 Å². The fraction of sp³-hybridized carbons (Fsp3) is 0.375. The van der Waals surface area contributed by atoms with Gasteiger partial charge in [-0.1, -0.05) is 30.3 Å². The van der Waals surface area contributed by atoms with Gasteiger partial charge >= 0.3 is 0 Å². The quantitative estimate of drug-likeness (QED) is 0.904. The van der Waals surface area contributed by atoms with Gasteiger partial charge in [0.2, 0.25) is 0 Å². The van der Waals surface area contributed by atoms with Gasteiger partial charge in [-0.25, -0.2) is 4.98 Å². The lowest BCUT2D eigenvalue weighted by Crippen LogP contribution is -2.41. The van der Waals surface area contributed by atoms with E-state index in [4.69, 9.17) is 9.15 Å². The molecule has 2 aromatic rings. The molecule has 116 valence electrons. The highest BCUT2D eigenvalue weighted by Gasteiger charge is 2.18. The van der Waals surface area contributed by atoms with Crippen LogP contribution in [0.1, 0.15) is 10.5 Å². The Hall–Kier alpha value is -2.18. The first-order chi connectivity index (χ1) is 10.8. The van der Waals surface area contributed by atoms with Crippen molar-refractivity contribution in [3.8, 4) is 11.3 Å². The zero-order chi connectivity index (χ0) is 15.2. The van der Waals surface area contributed by atoms with Crippen LogP contribution in [-0.4, -0.2) is 55.2 Å². The molecule has 1 aromatic carbocycles. The van der Waals surface area contributed by atoms with E-state index in [1.165, 1.54) is 6.39 Å². The Bertz CT molecular complexity index is 606. The zero-order valence-corrected chi connectivity index (χ0v) is 12.3. The van der Waals surface area contributed by atoms with E-state index < -0.39 is 0 Å². The van der Waals surface area contributed by atoms with E-state index in [1.54, 1.807) is 0 Å². The summed E-state index contributed by atoms with van der Waals surface area (Å²) in [5, 5.41) is 2.90. The molecule has 0 aliphatic carbocycles. The van der Waals surface area contributed by atoms with Crippen molar-refractivity contribution in [2.45, 2.75) is 0 Å². The summed E-state index contributed by atoms with van der Waals surface area (Å²) in [6, 6.07) is 9.51. The topological polar surface area (TPSA) is 67.6 Å². The highest BCUT2D eigenvalue weighted by atomic mass is 16.5. The number of nitrogens with one attached hydrogen (secondary N) is 1. The monoisotopic (exact) mass is 301 g/mol. The van der Waals surface area contributed by atoms with Gasteiger partial charge in [-0.2, -0.15) is 0 Å². The summed E-state index contributed by atoms with van der Waals surface area (Å²) in [6.07, 6.45) is 1.30. The molecule has 22 heavy (non-hydrogen) atoms. The lowest BCUT2D eigenvalue weighted by Gasteiger charge is -2.26. The van der Waals surface area contributed by atoms with Crippen molar-refractivity contribution in [3.63, 3.8) is 0 Å². The third kappa shape index (κ3) is 3.52. The average Bonchev–Trinajstić information content (AvgIpc) is 3.06. The Kier molecular flexibility index (Phi) is 4.82. The van der Waals surface area contributed by atoms with Crippen LogP contribution in [0.2, 0.25) is 0 Å². The lowest BCUT2D eigenvalue weighted by molar-refractivity contribution is 0.0383. The number of morpholine rings is 1. The minimum atomic E-state index is -0.208. The number of aromatic nitrogens is 1. The fourth-order valence-electron chi connectivity index (χ4n) is 2.44. The lowest BCUT2D eigenvalue weighted by atomic mass is 10.1. The normalized spacial score (nSPS) is 15.6. The minimum absolute atomic E-state index is 0.208. The Morgan fingerprint density at radius 1 is 1.23 bits per heavy atom. The molecule has 6 nitrogen and oxygen atoms in total. The van der Waals surface area contributed by atoms with E-state index in [9.17, 15) is 4.79 Å². The fourth-order valence-corrected chi connectivity index (χ4v) is 2.44. The van der Waals surface area contributed by atoms with Crippen LogP contribution < -0.4 is 5.32 Å². The molecule has 0 spiro atoms. The van der Waals surface area contributed by atoms with E-state index in [0.29, 0.717) is 18.0 Å². The van der Waals surface area contributed by atoms with Gasteiger partial charge in [0.05, 0.1) is 13.2 Å². The summed E-state index contributed by atoms with van der Waals surface area (Å²) in [4.78, 5) is 18.6. The zero-order valence-electron chi connectivity index (χ0n) is 12.3. The number of amides is 1. The first kappa shape index (κ1) is 14.7. The number of rotatable bonds is 5. The number of oxazole rings is 1. The van der Waals surface area contributed by atoms with Gasteiger partial charge in [0.15, 0.2) is 17.8 Å². The Morgan fingerprint density at radius 3 is 2.77 bits per heavy atom. The van der Waals surface area contributed by atoms with Crippen LogP contribution in [-0.2, 0) is 4.74 Å². The number of benzene rings is 1. The Balaban J connectivity index is 1.58. The standard InChI is InChI=1S/C16H19N3O3/c20-16(17-6-7-19-8-10-21-11-9-19)14-15(22-12-18-14)13-4-2-1-3-5-13/h1-5,12H,6-11H2,(H,17,20). The molecule has 0 atom stereocenters. The first-order valence-electron chi connectivity index (χ1n) is 7.42. The van der Waals surface area contributed by atoms with Gasteiger partial charge in [0, 0.05) is 31.7 Å². The van der Waals surface area contributed by atoms with Crippen LogP contribution in [0.15, 0.2) is 41.1 Å².